The zero-order valence-electron chi connectivity index (χ0n) is 12.0. The molecule has 0 saturated carbocycles. The van der Waals surface area contributed by atoms with Crippen LogP contribution in [0.2, 0.25) is 0 Å². The Balaban J connectivity index is 2.07. The van der Waals surface area contributed by atoms with E-state index in [0.29, 0.717) is 6.79 Å². The Kier molecular flexibility index (Phi) is 2.73. The molecule has 0 aromatic heterocycles. The number of allylic oxidation sites excluding steroid dienone is 1. The van der Waals surface area contributed by atoms with E-state index in [0.717, 1.165) is 18.0 Å². The number of fused-ring (bicyclic) bond motifs is 2. The lowest BCUT2D eigenvalue weighted by Crippen LogP contribution is -2.26. The number of hydrogen-bond donors (Lipinski definition) is 0. The number of anilines is 1. The van der Waals surface area contributed by atoms with E-state index >= 15 is 0 Å². The molecule has 3 nitrogen and oxygen atoms in total. The summed E-state index contributed by atoms with van der Waals surface area (Å²) in [5.74, 6) is 1.71. The normalized spacial score (nSPS) is 18.9. The van der Waals surface area contributed by atoms with Crippen LogP contribution in [-0.2, 0) is 5.41 Å². The van der Waals surface area contributed by atoms with Gasteiger partial charge < -0.3 is 14.4 Å². The highest BCUT2D eigenvalue weighted by Gasteiger charge is 2.40. The summed E-state index contributed by atoms with van der Waals surface area (Å²) in [5, 5.41) is 0. The summed E-state index contributed by atoms with van der Waals surface area (Å²) in [6.45, 7) is 12.3. The molecule has 0 unspecified atom stereocenters. The van der Waals surface area contributed by atoms with Crippen molar-refractivity contribution in [3.05, 3.63) is 30.0 Å². The molecule has 0 radical (unpaired) electrons. The second kappa shape index (κ2) is 4.19. The summed E-state index contributed by atoms with van der Waals surface area (Å²) in [4.78, 5) is 2.33. The van der Waals surface area contributed by atoms with Crippen LogP contribution in [0, 0.1) is 0 Å². The maximum Gasteiger partial charge on any atom is 0.231 e. The van der Waals surface area contributed by atoms with Gasteiger partial charge in [0.15, 0.2) is 11.5 Å². The fourth-order valence-electron chi connectivity index (χ4n) is 2.87. The number of ether oxygens (including phenoxy) is 2. The molecule has 0 fully saturated rings. The Hall–Kier alpha value is -1.64. The van der Waals surface area contributed by atoms with Gasteiger partial charge in [-0.25, -0.2) is 0 Å². The van der Waals surface area contributed by atoms with Gasteiger partial charge in [0.1, 0.15) is 0 Å². The van der Waals surface area contributed by atoms with Crippen molar-refractivity contribution in [3.63, 3.8) is 0 Å². The molecule has 2 aliphatic heterocycles. The van der Waals surface area contributed by atoms with Gasteiger partial charge in [-0.1, -0.05) is 33.8 Å². The van der Waals surface area contributed by atoms with Gasteiger partial charge >= 0.3 is 0 Å². The van der Waals surface area contributed by atoms with E-state index in [9.17, 15) is 0 Å². The van der Waals surface area contributed by atoms with Crippen LogP contribution >= 0.6 is 0 Å². The van der Waals surface area contributed by atoms with Gasteiger partial charge in [0, 0.05) is 29.4 Å². The van der Waals surface area contributed by atoms with E-state index in [2.05, 4.69) is 44.4 Å². The first-order valence-electron chi connectivity index (χ1n) is 6.96. The third-order valence-electron chi connectivity index (χ3n) is 4.24. The van der Waals surface area contributed by atoms with Crippen LogP contribution in [0.5, 0.6) is 11.5 Å². The fraction of sp³-hybridized carbons (Fsp3) is 0.500. The zero-order chi connectivity index (χ0) is 13.6. The van der Waals surface area contributed by atoms with E-state index in [-0.39, 0.29) is 5.41 Å². The van der Waals surface area contributed by atoms with E-state index in [1.165, 1.54) is 29.8 Å². The third-order valence-corrected chi connectivity index (χ3v) is 4.24. The Morgan fingerprint density at radius 1 is 1.26 bits per heavy atom. The lowest BCUT2D eigenvalue weighted by Gasteiger charge is -2.25. The van der Waals surface area contributed by atoms with E-state index in [1.807, 2.05) is 0 Å². The molecule has 0 spiro atoms. The molecule has 1 aromatic carbocycles. The molecule has 2 aliphatic rings. The van der Waals surface area contributed by atoms with Crippen LogP contribution in [0.1, 0.15) is 39.2 Å². The van der Waals surface area contributed by atoms with Crippen molar-refractivity contribution >= 4 is 5.69 Å². The highest BCUT2D eigenvalue weighted by atomic mass is 16.7. The number of nitrogens with zero attached hydrogens (tertiary/aromatic N) is 1. The third kappa shape index (κ3) is 1.71. The van der Waals surface area contributed by atoms with Crippen molar-refractivity contribution in [1.29, 1.82) is 0 Å². The topological polar surface area (TPSA) is 21.7 Å². The molecule has 0 saturated heterocycles. The van der Waals surface area contributed by atoms with Gasteiger partial charge in [0.25, 0.3) is 0 Å². The van der Waals surface area contributed by atoms with E-state index in [4.69, 9.17) is 9.47 Å². The van der Waals surface area contributed by atoms with Crippen molar-refractivity contribution in [2.45, 2.75) is 39.0 Å². The van der Waals surface area contributed by atoms with Gasteiger partial charge in [-0.2, -0.15) is 0 Å². The second-order valence-electron chi connectivity index (χ2n) is 5.80. The summed E-state index contributed by atoms with van der Waals surface area (Å²) < 4.78 is 11.0. The van der Waals surface area contributed by atoms with Gasteiger partial charge in [0.05, 0.1) is 0 Å². The number of benzene rings is 1. The van der Waals surface area contributed by atoms with E-state index in [1.54, 1.807) is 0 Å². The minimum absolute atomic E-state index is 0.0376. The highest BCUT2D eigenvalue weighted by molar-refractivity contribution is 5.74. The Morgan fingerprint density at radius 3 is 2.63 bits per heavy atom. The number of rotatable bonds is 3. The number of unbranched alkanes of at least 4 members (excludes halogenated alkanes) is 1. The molecule has 0 amide bonds. The van der Waals surface area contributed by atoms with Gasteiger partial charge in [-0.15, -0.1) is 0 Å². The molecule has 1 aromatic rings. The summed E-state index contributed by atoms with van der Waals surface area (Å²) in [6, 6.07) is 4.22. The smallest absolute Gasteiger partial charge is 0.231 e. The van der Waals surface area contributed by atoms with Gasteiger partial charge in [0.2, 0.25) is 6.79 Å². The minimum atomic E-state index is -0.0376. The molecule has 19 heavy (non-hydrogen) atoms. The maximum atomic E-state index is 5.50. The molecule has 0 atom stereocenters. The monoisotopic (exact) mass is 259 g/mol. The van der Waals surface area contributed by atoms with Gasteiger partial charge in [-0.3, -0.25) is 0 Å². The van der Waals surface area contributed by atoms with Crippen LogP contribution in [0.15, 0.2) is 24.4 Å². The summed E-state index contributed by atoms with van der Waals surface area (Å²) in [6.07, 6.45) is 2.35. The first-order valence-corrected chi connectivity index (χ1v) is 6.96. The first kappa shape index (κ1) is 12.4. The lowest BCUT2D eigenvalue weighted by molar-refractivity contribution is 0.174. The molecule has 102 valence electrons. The maximum absolute atomic E-state index is 5.50. The average Bonchev–Trinajstić information content (AvgIpc) is 2.90. The van der Waals surface area contributed by atoms with Crippen LogP contribution in [0.4, 0.5) is 5.69 Å². The fourth-order valence-corrected chi connectivity index (χ4v) is 2.87. The minimum Gasteiger partial charge on any atom is -0.454 e. The van der Waals surface area contributed by atoms with Crippen LogP contribution in [0.25, 0.3) is 0 Å². The standard InChI is InChI=1S/C16H21NO2/c1-5-6-7-17-11(2)16(3,4)12-8-14-15(9-13(12)17)19-10-18-14/h8-9H,2,5-7,10H2,1,3-4H3. The molecule has 3 heteroatoms. The molecule has 0 N–H and O–H groups in total. The van der Waals surface area contributed by atoms with Crippen molar-refractivity contribution < 1.29 is 9.47 Å². The molecule has 2 heterocycles. The first-order chi connectivity index (χ1) is 9.05. The number of hydrogen-bond acceptors (Lipinski definition) is 3. The molecule has 0 bridgehead atoms. The van der Waals surface area contributed by atoms with Crippen molar-refractivity contribution in [1.82, 2.24) is 0 Å². The van der Waals surface area contributed by atoms with Crippen molar-refractivity contribution in [2.75, 3.05) is 18.2 Å². The van der Waals surface area contributed by atoms with E-state index < -0.39 is 0 Å². The van der Waals surface area contributed by atoms with Crippen LogP contribution in [-0.4, -0.2) is 13.3 Å². The summed E-state index contributed by atoms with van der Waals surface area (Å²) in [5.41, 5.74) is 3.65. The Bertz CT molecular complexity index is 534. The van der Waals surface area contributed by atoms with Crippen LogP contribution in [0.3, 0.4) is 0 Å². The SMILES string of the molecule is C=C1N(CCCC)c2cc3c(cc2C1(C)C)OCO3. The highest BCUT2D eigenvalue weighted by Crippen LogP contribution is 2.51. The van der Waals surface area contributed by atoms with Crippen LogP contribution < -0.4 is 14.4 Å². The molecule has 0 aliphatic carbocycles. The average molecular weight is 259 g/mol. The molecular weight excluding hydrogens is 238 g/mol. The van der Waals surface area contributed by atoms with Gasteiger partial charge in [-0.05, 0) is 18.1 Å². The second-order valence-corrected chi connectivity index (χ2v) is 5.80. The predicted molar refractivity (Wildman–Crippen MR) is 77.0 cm³/mol. The zero-order valence-corrected chi connectivity index (χ0v) is 12.0. The largest absolute Gasteiger partial charge is 0.454 e. The quantitative estimate of drug-likeness (QED) is 0.823. The predicted octanol–water partition coefficient (Wildman–Crippen LogP) is 3.83. The lowest BCUT2D eigenvalue weighted by atomic mass is 9.84. The Labute approximate surface area is 114 Å². The van der Waals surface area contributed by atoms with Crippen molar-refractivity contribution in [3.8, 4) is 11.5 Å². The van der Waals surface area contributed by atoms with Crippen molar-refractivity contribution in [2.24, 2.45) is 0 Å². The Morgan fingerprint density at radius 2 is 1.95 bits per heavy atom. The molecular formula is C16H21NO2. The molecule has 3 rings (SSSR count). The summed E-state index contributed by atoms with van der Waals surface area (Å²) in [7, 11) is 0. The summed E-state index contributed by atoms with van der Waals surface area (Å²) >= 11 is 0.